The van der Waals surface area contributed by atoms with Gasteiger partial charge in [0.05, 0.1) is 5.69 Å². The molecule has 0 saturated carbocycles. The van der Waals surface area contributed by atoms with Gasteiger partial charge in [0.15, 0.2) is 0 Å². The van der Waals surface area contributed by atoms with Crippen molar-refractivity contribution in [3.63, 3.8) is 0 Å². The molecule has 0 aromatic heterocycles. The molecule has 1 amide bonds. The van der Waals surface area contributed by atoms with E-state index in [0.717, 1.165) is 16.9 Å². The zero-order valence-electron chi connectivity index (χ0n) is 18.0. The molecule has 0 aliphatic heterocycles. The van der Waals surface area contributed by atoms with E-state index in [0.29, 0.717) is 30.2 Å². The lowest BCUT2D eigenvalue weighted by molar-refractivity contribution is 0.102. The van der Waals surface area contributed by atoms with Gasteiger partial charge < -0.3 is 14.8 Å². The molecule has 0 heterocycles. The highest BCUT2D eigenvalue weighted by atomic mass is 16.5. The highest BCUT2D eigenvalue weighted by Crippen LogP contribution is 2.26. The van der Waals surface area contributed by atoms with Crippen LogP contribution in [0.2, 0.25) is 0 Å². The van der Waals surface area contributed by atoms with E-state index in [-0.39, 0.29) is 5.91 Å². The topological polar surface area (TPSA) is 47.6 Å². The largest absolute Gasteiger partial charge is 0.489 e. The summed E-state index contributed by atoms with van der Waals surface area (Å²) in [7, 11) is 0. The molecule has 1 N–H and O–H groups in total. The quantitative estimate of drug-likeness (QED) is 0.356. The maximum absolute atomic E-state index is 12.8. The first-order valence-corrected chi connectivity index (χ1v) is 10.5. The van der Waals surface area contributed by atoms with Gasteiger partial charge in [-0.1, -0.05) is 66.7 Å². The number of para-hydroxylation sites is 2. The number of carbonyl (C=O) groups is 1. The summed E-state index contributed by atoms with van der Waals surface area (Å²) in [6.07, 6.45) is 0. The molecule has 160 valence electrons. The van der Waals surface area contributed by atoms with Gasteiger partial charge in [-0.25, -0.2) is 0 Å². The Morgan fingerprint density at radius 1 is 0.719 bits per heavy atom. The summed E-state index contributed by atoms with van der Waals surface area (Å²) in [4.78, 5) is 12.8. The Morgan fingerprint density at radius 2 is 1.41 bits per heavy atom. The molecule has 0 aliphatic rings. The van der Waals surface area contributed by atoms with Gasteiger partial charge in [0.1, 0.15) is 24.7 Å². The Morgan fingerprint density at radius 3 is 2.19 bits per heavy atom. The average molecular weight is 424 g/mol. The molecule has 4 rings (SSSR count). The Labute approximate surface area is 188 Å². The molecule has 0 atom stereocenters. The Hall–Kier alpha value is -4.05. The van der Waals surface area contributed by atoms with Crippen LogP contribution in [0.25, 0.3) is 0 Å². The van der Waals surface area contributed by atoms with E-state index in [9.17, 15) is 4.79 Å². The molecule has 0 fully saturated rings. The van der Waals surface area contributed by atoms with Gasteiger partial charge in [0, 0.05) is 5.56 Å². The molecule has 0 unspecified atom stereocenters. The fourth-order valence-corrected chi connectivity index (χ4v) is 3.26. The highest BCUT2D eigenvalue weighted by molar-refractivity contribution is 6.05. The fourth-order valence-electron chi connectivity index (χ4n) is 3.26. The first-order chi connectivity index (χ1) is 15.7. The minimum atomic E-state index is -0.203. The van der Waals surface area contributed by atoms with Crippen LogP contribution in [0, 0.1) is 6.92 Å². The monoisotopic (exact) mass is 423 g/mol. The van der Waals surface area contributed by atoms with Crippen LogP contribution in [0.15, 0.2) is 103 Å². The second kappa shape index (κ2) is 10.3. The number of hydrogen-bond donors (Lipinski definition) is 1. The molecule has 0 saturated heterocycles. The van der Waals surface area contributed by atoms with Crippen molar-refractivity contribution >= 4 is 11.6 Å². The lowest BCUT2D eigenvalue weighted by Gasteiger charge is -2.13. The van der Waals surface area contributed by atoms with Crippen LogP contribution >= 0.6 is 0 Å². The van der Waals surface area contributed by atoms with Crippen molar-refractivity contribution in [3.05, 3.63) is 125 Å². The number of benzene rings is 4. The van der Waals surface area contributed by atoms with Crippen molar-refractivity contribution in [1.82, 2.24) is 0 Å². The van der Waals surface area contributed by atoms with Crippen molar-refractivity contribution in [2.75, 3.05) is 5.32 Å². The summed E-state index contributed by atoms with van der Waals surface area (Å²) in [5.41, 5.74) is 4.58. The van der Waals surface area contributed by atoms with Crippen LogP contribution in [0.3, 0.4) is 0 Å². The number of ether oxygens (including phenoxy) is 2. The van der Waals surface area contributed by atoms with Crippen LogP contribution in [-0.2, 0) is 13.2 Å². The normalized spacial score (nSPS) is 10.4. The van der Waals surface area contributed by atoms with Crippen molar-refractivity contribution in [3.8, 4) is 11.5 Å². The molecule has 0 aliphatic carbocycles. The van der Waals surface area contributed by atoms with E-state index >= 15 is 0 Å². The summed E-state index contributed by atoms with van der Waals surface area (Å²) in [5, 5.41) is 2.94. The van der Waals surface area contributed by atoms with Gasteiger partial charge in [-0.2, -0.15) is 0 Å². The van der Waals surface area contributed by atoms with Crippen LogP contribution in [0.1, 0.15) is 27.0 Å². The number of rotatable bonds is 8. The number of anilines is 1. The minimum absolute atomic E-state index is 0.203. The van der Waals surface area contributed by atoms with Gasteiger partial charge in [0.2, 0.25) is 0 Å². The molecular weight excluding hydrogens is 398 g/mol. The lowest BCUT2D eigenvalue weighted by atomic mass is 10.1. The molecule has 4 aromatic carbocycles. The van der Waals surface area contributed by atoms with Gasteiger partial charge in [-0.3, -0.25) is 4.79 Å². The number of carbonyl (C=O) groups excluding carboxylic acids is 1. The number of nitrogens with one attached hydrogen (secondary N) is 1. The Kier molecular flexibility index (Phi) is 6.83. The van der Waals surface area contributed by atoms with Crippen LogP contribution in [0.5, 0.6) is 11.5 Å². The van der Waals surface area contributed by atoms with Crippen LogP contribution in [-0.4, -0.2) is 5.91 Å². The number of amides is 1. The standard InChI is InChI=1S/C28H25NO3/c1-21-9-5-6-12-24(21)20-31-25-17-15-23(16-18-25)28(30)29-26-13-7-8-14-27(26)32-19-22-10-3-2-4-11-22/h2-18H,19-20H2,1H3,(H,29,30). The molecule has 4 nitrogen and oxygen atoms in total. The number of aryl methyl sites for hydroxylation is 1. The Balaban J connectivity index is 1.37. The molecule has 0 radical (unpaired) electrons. The van der Waals surface area contributed by atoms with Crippen molar-refractivity contribution in [1.29, 1.82) is 0 Å². The maximum Gasteiger partial charge on any atom is 0.255 e. The smallest absolute Gasteiger partial charge is 0.255 e. The molecule has 0 bridgehead atoms. The fraction of sp³-hybridized carbons (Fsp3) is 0.107. The van der Waals surface area contributed by atoms with Crippen molar-refractivity contribution < 1.29 is 14.3 Å². The number of hydrogen-bond acceptors (Lipinski definition) is 3. The van der Waals surface area contributed by atoms with Crippen molar-refractivity contribution in [2.45, 2.75) is 20.1 Å². The zero-order valence-corrected chi connectivity index (χ0v) is 18.0. The van der Waals surface area contributed by atoms with E-state index in [4.69, 9.17) is 9.47 Å². The van der Waals surface area contributed by atoms with Gasteiger partial charge in [0.25, 0.3) is 5.91 Å². The second-order valence-electron chi connectivity index (χ2n) is 7.46. The molecule has 4 heteroatoms. The first kappa shape index (κ1) is 21.2. The van der Waals surface area contributed by atoms with E-state index < -0.39 is 0 Å². The summed E-state index contributed by atoms with van der Waals surface area (Å²) < 4.78 is 11.8. The van der Waals surface area contributed by atoms with Gasteiger partial charge >= 0.3 is 0 Å². The SMILES string of the molecule is Cc1ccccc1COc1ccc(C(=O)Nc2ccccc2OCc2ccccc2)cc1. The van der Waals surface area contributed by atoms with E-state index in [1.54, 1.807) is 12.1 Å². The van der Waals surface area contributed by atoms with E-state index in [1.807, 2.05) is 78.9 Å². The average Bonchev–Trinajstić information content (AvgIpc) is 2.84. The van der Waals surface area contributed by atoms with Crippen LogP contribution < -0.4 is 14.8 Å². The summed E-state index contributed by atoms with van der Waals surface area (Å²) in [5.74, 6) is 1.14. The van der Waals surface area contributed by atoms with Crippen molar-refractivity contribution in [2.24, 2.45) is 0 Å². The van der Waals surface area contributed by atoms with Crippen LogP contribution in [0.4, 0.5) is 5.69 Å². The van der Waals surface area contributed by atoms with E-state index in [1.165, 1.54) is 5.56 Å². The molecular formula is C28H25NO3. The third-order valence-corrected chi connectivity index (χ3v) is 5.14. The maximum atomic E-state index is 12.8. The second-order valence-corrected chi connectivity index (χ2v) is 7.46. The van der Waals surface area contributed by atoms with E-state index in [2.05, 4.69) is 24.4 Å². The third kappa shape index (κ3) is 5.55. The third-order valence-electron chi connectivity index (χ3n) is 5.14. The molecule has 0 spiro atoms. The molecule has 32 heavy (non-hydrogen) atoms. The zero-order chi connectivity index (χ0) is 22.2. The summed E-state index contributed by atoms with van der Waals surface area (Å²) in [6.45, 7) is 2.98. The van der Waals surface area contributed by atoms with Gasteiger partial charge in [-0.15, -0.1) is 0 Å². The lowest BCUT2D eigenvalue weighted by Crippen LogP contribution is -2.13. The first-order valence-electron chi connectivity index (χ1n) is 10.5. The van der Waals surface area contributed by atoms with Gasteiger partial charge in [-0.05, 0) is 60.0 Å². The Bertz CT molecular complexity index is 1170. The predicted molar refractivity (Wildman–Crippen MR) is 127 cm³/mol. The molecule has 4 aromatic rings. The summed E-state index contributed by atoms with van der Waals surface area (Å²) in [6, 6.07) is 32.6. The highest BCUT2D eigenvalue weighted by Gasteiger charge is 2.10. The predicted octanol–water partition coefficient (Wildman–Crippen LogP) is 6.41. The minimum Gasteiger partial charge on any atom is -0.489 e. The summed E-state index contributed by atoms with van der Waals surface area (Å²) >= 11 is 0.